The molecule has 0 aliphatic heterocycles. The maximum absolute atomic E-state index is 13.2. The van der Waals surface area contributed by atoms with Crippen molar-refractivity contribution in [3.05, 3.63) is 34.1 Å². The van der Waals surface area contributed by atoms with Crippen molar-refractivity contribution >= 4 is 27.7 Å². The maximum Gasteiger partial charge on any atom is 0.123 e. The predicted octanol–water partition coefficient (Wildman–Crippen LogP) is 4.35. The van der Waals surface area contributed by atoms with E-state index in [0.29, 0.717) is 4.75 Å². The molecule has 100 valence electrons. The molecule has 0 spiro atoms. The fourth-order valence-electron chi connectivity index (χ4n) is 2.58. The molecule has 0 heterocycles. The molecule has 0 unspecified atom stereocenters. The third kappa shape index (κ3) is 3.49. The van der Waals surface area contributed by atoms with Gasteiger partial charge >= 0.3 is 0 Å². The molecule has 1 aliphatic carbocycles. The number of thioether (sulfide) groups is 1. The Hall–Kier alpha value is -0.0600. The number of halogens is 2. The van der Waals surface area contributed by atoms with Crippen LogP contribution in [0.25, 0.3) is 0 Å². The Morgan fingerprint density at radius 2 is 2.11 bits per heavy atom. The number of benzene rings is 1. The van der Waals surface area contributed by atoms with E-state index in [9.17, 15) is 4.39 Å². The van der Waals surface area contributed by atoms with Gasteiger partial charge in [0.25, 0.3) is 0 Å². The standard InChI is InChI=1S/C14H19BrFNS/c1-18-14(6-2-3-7-14)10-17-9-11-8-12(16)4-5-13(11)15/h4-5,8,17H,2-3,6-7,9-10H2,1H3. The van der Waals surface area contributed by atoms with E-state index in [1.807, 2.05) is 11.8 Å². The van der Waals surface area contributed by atoms with E-state index in [4.69, 9.17) is 0 Å². The molecule has 0 aromatic heterocycles. The van der Waals surface area contributed by atoms with Gasteiger partial charge in [-0.25, -0.2) is 4.39 Å². The third-order valence-electron chi connectivity index (χ3n) is 3.72. The van der Waals surface area contributed by atoms with Crippen LogP contribution in [0.2, 0.25) is 0 Å². The van der Waals surface area contributed by atoms with Gasteiger partial charge < -0.3 is 5.32 Å². The number of hydrogen-bond donors (Lipinski definition) is 1. The largest absolute Gasteiger partial charge is 0.311 e. The van der Waals surface area contributed by atoms with Gasteiger partial charge in [-0.15, -0.1) is 0 Å². The third-order valence-corrected chi connectivity index (χ3v) is 5.91. The quantitative estimate of drug-likeness (QED) is 0.860. The first-order valence-electron chi connectivity index (χ1n) is 6.35. The lowest BCUT2D eigenvalue weighted by Gasteiger charge is -2.27. The molecular formula is C14H19BrFNS. The van der Waals surface area contributed by atoms with Crippen LogP contribution in [0.3, 0.4) is 0 Å². The summed E-state index contributed by atoms with van der Waals surface area (Å²) in [6.07, 6.45) is 7.47. The Morgan fingerprint density at radius 3 is 2.78 bits per heavy atom. The average Bonchev–Trinajstić information content (AvgIpc) is 2.83. The van der Waals surface area contributed by atoms with Crippen molar-refractivity contribution in [3.8, 4) is 0 Å². The van der Waals surface area contributed by atoms with Crippen LogP contribution in [0.4, 0.5) is 4.39 Å². The van der Waals surface area contributed by atoms with E-state index >= 15 is 0 Å². The zero-order valence-electron chi connectivity index (χ0n) is 10.6. The van der Waals surface area contributed by atoms with Gasteiger partial charge in [-0.2, -0.15) is 11.8 Å². The van der Waals surface area contributed by atoms with Crippen molar-refractivity contribution in [1.29, 1.82) is 0 Å². The van der Waals surface area contributed by atoms with Crippen molar-refractivity contribution in [1.82, 2.24) is 5.32 Å². The van der Waals surface area contributed by atoms with E-state index in [1.54, 1.807) is 12.1 Å². The molecule has 1 fully saturated rings. The topological polar surface area (TPSA) is 12.0 Å². The fraction of sp³-hybridized carbons (Fsp3) is 0.571. The molecule has 1 aliphatic rings. The van der Waals surface area contributed by atoms with Gasteiger partial charge in [-0.1, -0.05) is 28.8 Å². The molecule has 2 rings (SSSR count). The number of rotatable bonds is 5. The summed E-state index contributed by atoms with van der Waals surface area (Å²) in [6, 6.07) is 4.84. The monoisotopic (exact) mass is 331 g/mol. The van der Waals surface area contributed by atoms with Crippen LogP contribution in [0.1, 0.15) is 31.2 Å². The van der Waals surface area contributed by atoms with Gasteiger partial charge in [0.15, 0.2) is 0 Å². The lowest BCUT2D eigenvalue weighted by atomic mass is 10.1. The molecule has 0 amide bonds. The molecule has 0 bridgehead atoms. The van der Waals surface area contributed by atoms with Crippen LogP contribution in [-0.4, -0.2) is 17.5 Å². The zero-order chi connectivity index (χ0) is 13.0. The molecule has 18 heavy (non-hydrogen) atoms. The molecule has 0 atom stereocenters. The summed E-state index contributed by atoms with van der Waals surface area (Å²) in [5, 5.41) is 3.49. The van der Waals surface area contributed by atoms with Gasteiger partial charge in [0, 0.05) is 22.3 Å². The highest BCUT2D eigenvalue weighted by Crippen LogP contribution is 2.39. The van der Waals surface area contributed by atoms with E-state index in [-0.39, 0.29) is 5.82 Å². The molecule has 1 N–H and O–H groups in total. The minimum atomic E-state index is -0.171. The van der Waals surface area contributed by atoms with Crippen LogP contribution in [0.5, 0.6) is 0 Å². The van der Waals surface area contributed by atoms with E-state index in [1.165, 1.54) is 31.7 Å². The molecule has 0 saturated heterocycles. The van der Waals surface area contributed by atoms with Crippen molar-refractivity contribution in [2.75, 3.05) is 12.8 Å². The molecule has 4 heteroatoms. The van der Waals surface area contributed by atoms with Gasteiger partial charge in [0.05, 0.1) is 0 Å². The van der Waals surface area contributed by atoms with Gasteiger partial charge in [-0.3, -0.25) is 0 Å². The SMILES string of the molecule is CSC1(CNCc2cc(F)ccc2Br)CCCC1. The first-order chi connectivity index (χ1) is 8.65. The molecule has 1 nitrogen and oxygen atoms in total. The van der Waals surface area contributed by atoms with Crippen molar-refractivity contribution < 1.29 is 4.39 Å². The van der Waals surface area contributed by atoms with Crippen LogP contribution in [-0.2, 0) is 6.54 Å². The van der Waals surface area contributed by atoms with E-state index in [2.05, 4.69) is 27.5 Å². The summed E-state index contributed by atoms with van der Waals surface area (Å²) in [4.78, 5) is 0. The molecule has 1 aromatic rings. The Bertz CT molecular complexity index is 405. The summed E-state index contributed by atoms with van der Waals surface area (Å²) >= 11 is 5.44. The van der Waals surface area contributed by atoms with E-state index < -0.39 is 0 Å². The van der Waals surface area contributed by atoms with Gasteiger partial charge in [0.2, 0.25) is 0 Å². The average molecular weight is 332 g/mol. The van der Waals surface area contributed by atoms with Crippen molar-refractivity contribution in [2.45, 2.75) is 37.0 Å². The number of nitrogens with one attached hydrogen (secondary N) is 1. The van der Waals surface area contributed by atoms with Crippen LogP contribution in [0.15, 0.2) is 22.7 Å². The van der Waals surface area contributed by atoms with Crippen LogP contribution >= 0.6 is 27.7 Å². The van der Waals surface area contributed by atoms with Gasteiger partial charge in [0.1, 0.15) is 5.82 Å². The van der Waals surface area contributed by atoms with E-state index in [0.717, 1.165) is 23.1 Å². The molecule has 1 aromatic carbocycles. The highest BCUT2D eigenvalue weighted by molar-refractivity contribution is 9.10. The summed E-state index contributed by atoms with van der Waals surface area (Å²) < 4.78 is 14.5. The van der Waals surface area contributed by atoms with Gasteiger partial charge in [-0.05, 0) is 42.9 Å². The molecule has 1 saturated carbocycles. The Morgan fingerprint density at radius 1 is 1.39 bits per heavy atom. The smallest absolute Gasteiger partial charge is 0.123 e. The summed E-state index contributed by atoms with van der Waals surface area (Å²) in [5.41, 5.74) is 0.990. The van der Waals surface area contributed by atoms with Crippen LogP contribution < -0.4 is 5.32 Å². The van der Waals surface area contributed by atoms with Crippen molar-refractivity contribution in [2.24, 2.45) is 0 Å². The summed E-state index contributed by atoms with van der Waals surface area (Å²) in [7, 11) is 0. The van der Waals surface area contributed by atoms with Crippen LogP contribution in [0, 0.1) is 5.82 Å². The first kappa shape index (κ1) is 14.4. The lowest BCUT2D eigenvalue weighted by Crippen LogP contribution is -2.34. The Balaban J connectivity index is 1.89. The zero-order valence-corrected chi connectivity index (χ0v) is 13.0. The fourth-order valence-corrected chi connectivity index (χ4v) is 3.91. The second-order valence-electron chi connectivity index (χ2n) is 4.93. The Kier molecular flexibility index (Phi) is 5.10. The highest BCUT2D eigenvalue weighted by Gasteiger charge is 2.32. The lowest BCUT2D eigenvalue weighted by molar-refractivity contribution is 0.532. The summed E-state index contributed by atoms with van der Waals surface area (Å²) in [6.45, 7) is 1.73. The number of hydrogen-bond acceptors (Lipinski definition) is 2. The summed E-state index contributed by atoms with van der Waals surface area (Å²) in [5.74, 6) is -0.171. The first-order valence-corrected chi connectivity index (χ1v) is 8.37. The second-order valence-corrected chi connectivity index (χ2v) is 7.06. The molecular weight excluding hydrogens is 313 g/mol. The maximum atomic E-state index is 13.2. The predicted molar refractivity (Wildman–Crippen MR) is 80.5 cm³/mol. The second kappa shape index (κ2) is 6.40. The Labute approximate surface area is 121 Å². The van der Waals surface area contributed by atoms with Crippen molar-refractivity contribution in [3.63, 3.8) is 0 Å². The minimum Gasteiger partial charge on any atom is -0.311 e. The highest BCUT2D eigenvalue weighted by atomic mass is 79.9. The minimum absolute atomic E-state index is 0.171. The molecule has 0 radical (unpaired) electrons. The normalized spacial score (nSPS) is 18.2.